The third-order valence-corrected chi connectivity index (χ3v) is 3.28. The minimum absolute atomic E-state index is 0.712. The number of hydrogen-bond acceptors (Lipinski definition) is 3. The molecule has 0 aliphatic heterocycles. The Morgan fingerprint density at radius 2 is 2.06 bits per heavy atom. The fourth-order valence-corrected chi connectivity index (χ4v) is 1.88. The zero-order chi connectivity index (χ0) is 13.4. The number of nitrogens with zero attached hydrogens (tertiary/aromatic N) is 2. The lowest BCUT2D eigenvalue weighted by molar-refractivity contribution is 0.545. The van der Waals surface area contributed by atoms with Crippen LogP contribution in [0.1, 0.15) is 39.8 Å². The van der Waals surface area contributed by atoms with Crippen molar-refractivity contribution in [2.45, 2.75) is 40.7 Å². The molecule has 0 spiro atoms. The van der Waals surface area contributed by atoms with Crippen molar-refractivity contribution in [2.24, 2.45) is 5.92 Å². The van der Waals surface area contributed by atoms with E-state index in [-0.39, 0.29) is 0 Å². The van der Waals surface area contributed by atoms with Gasteiger partial charge in [0, 0.05) is 19.6 Å². The summed E-state index contributed by atoms with van der Waals surface area (Å²) in [5.41, 5.74) is 1.12. The summed E-state index contributed by atoms with van der Waals surface area (Å²) in [6, 6.07) is 6.30. The molecule has 0 bridgehead atoms. The molecule has 1 unspecified atom stereocenters. The number of aromatic nitrogens is 1. The highest BCUT2D eigenvalue weighted by Crippen LogP contribution is 2.14. The Kier molecular flexibility index (Phi) is 6.73. The van der Waals surface area contributed by atoms with E-state index in [0.717, 1.165) is 37.7 Å². The summed E-state index contributed by atoms with van der Waals surface area (Å²) in [7, 11) is 0. The predicted octanol–water partition coefficient (Wildman–Crippen LogP) is 3.06. The topological polar surface area (TPSA) is 28.2 Å². The van der Waals surface area contributed by atoms with Crippen LogP contribution in [0.25, 0.3) is 0 Å². The van der Waals surface area contributed by atoms with Crippen LogP contribution in [0.5, 0.6) is 0 Å². The largest absolute Gasteiger partial charge is 0.357 e. The predicted molar refractivity (Wildman–Crippen MR) is 79.0 cm³/mol. The molecule has 1 aromatic heterocycles. The second-order valence-electron chi connectivity index (χ2n) is 4.82. The van der Waals surface area contributed by atoms with E-state index < -0.39 is 0 Å². The molecule has 0 aromatic carbocycles. The van der Waals surface area contributed by atoms with Gasteiger partial charge >= 0.3 is 0 Å². The number of nitrogens with one attached hydrogen (secondary N) is 1. The van der Waals surface area contributed by atoms with Crippen molar-refractivity contribution in [3.05, 3.63) is 23.9 Å². The van der Waals surface area contributed by atoms with Gasteiger partial charge in [-0.15, -0.1) is 0 Å². The first-order chi connectivity index (χ1) is 8.71. The number of rotatable bonds is 8. The maximum Gasteiger partial charge on any atom is 0.128 e. The van der Waals surface area contributed by atoms with Gasteiger partial charge in [-0.05, 0) is 31.5 Å². The van der Waals surface area contributed by atoms with Crippen LogP contribution < -0.4 is 10.2 Å². The second-order valence-corrected chi connectivity index (χ2v) is 4.82. The van der Waals surface area contributed by atoms with E-state index in [4.69, 9.17) is 4.98 Å². The summed E-state index contributed by atoms with van der Waals surface area (Å²) in [6.07, 6.45) is 1.22. The van der Waals surface area contributed by atoms with Crippen LogP contribution in [-0.2, 0) is 6.54 Å². The van der Waals surface area contributed by atoms with Gasteiger partial charge in [-0.2, -0.15) is 0 Å². The fraction of sp³-hybridized carbons (Fsp3) is 0.667. The van der Waals surface area contributed by atoms with Gasteiger partial charge in [0.05, 0.1) is 5.69 Å². The Balaban J connectivity index is 2.72. The van der Waals surface area contributed by atoms with Gasteiger partial charge in [0.25, 0.3) is 0 Å². The molecule has 3 nitrogen and oxygen atoms in total. The molecule has 1 aromatic rings. The van der Waals surface area contributed by atoms with Crippen molar-refractivity contribution in [1.29, 1.82) is 0 Å². The van der Waals surface area contributed by atoms with Gasteiger partial charge in [0.1, 0.15) is 5.82 Å². The molecule has 102 valence electrons. The lowest BCUT2D eigenvalue weighted by Gasteiger charge is -2.25. The molecule has 0 aliphatic rings. The lowest BCUT2D eigenvalue weighted by Crippen LogP contribution is -2.29. The molecule has 0 radical (unpaired) electrons. The average Bonchev–Trinajstić information content (AvgIpc) is 2.42. The van der Waals surface area contributed by atoms with Crippen LogP contribution in [-0.4, -0.2) is 24.6 Å². The van der Waals surface area contributed by atoms with Crippen molar-refractivity contribution < 1.29 is 0 Å². The summed E-state index contributed by atoms with van der Waals surface area (Å²) in [5.74, 6) is 1.82. The third-order valence-electron chi connectivity index (χ3n) is 3.28. The minimum Gasteiger partial charge on any atom is -0.357 e. The number of pyridine rings is 1. The van der Waals surface area contributed by atoms with Crippen molar-refractivity contribution in [3.8, 4) is 0 Å². The maximum atomic E-state index is 4.73. The summed E-state index contributed by atoms with van der Waals surface area (Å²) in [6.45, 7) is 12.8. The summed E-state index contributed by atoms with van der Waals surface area (Å²) in [4.78, 5) is 7.10. The van der Waals surface area contributed by atoms with Gasteiger partial charge in [0.15, 0.2) is 0 Å². The van der Waals surface area contributed by atoms with E-state index in [0.29, 0.717) is 5.92 Å². The molecule has 18 heavy (non-hydrogen) atoms. The van der Waals surface area contributed by atoms with Gasteiger partial charge < -0.3 is 10.2 Å². The zero-order valence-electron chi connectivity index (χ0n) is 12.2. The first-order valence-electron chi connectivity index (χ1n) is 7.12. The van der Waals surface area contributed by atoms with E-state index in [1.807, 2.05) is 0 Å². The minimum atomic E-state index is 0.712. The van der Waals surface area contributed by atoms with Crippen LogP contribution in [0.3, 0.4) is 0 Å². The monoisotopic (exact) mass is 249 g/mol. The van der Waals surface area contributed by atoms with Crippen LogP contribution in [0.2, 0.25) is 0 Å². The first kappa shape index (κ1) is 15.0. The molecule has 0 saturated heterocycles. The highest BCUT2D eigenvalue weighted by molar-refractivity contribution is 5.39. The molecule has 1 heterocycles. The number of anilines is 1. The van der Waals surface area contributed by atoms with Crippen LogP contribution in [0, 0.1) is 5.92 Å². The molecule has 1 rings (SSSR count). The maximum absolute atomic E-state index is 4.73. The van der Waals surface area contributed by atoms with Gasteiger partial charge in [-0.25, -0.2) is 4.98 Å². The molecule has 0 fully saturated rings. The lowest BCUT2D eigenvalue weighted by atomic mass is 10.1. The van der Waals surface area contributed by atoms with E-state index in [2.05, 4.69) is 56.1 Å². The van der Waals surface area contributed by atoms with Crippen molar-refractivity contribution in [1.82, 2.24) is 10.3 Å². The van der Waals surface area contributed by atoms with Crippen molar-refractivity contribution >= 4 is 5.82 Å². The SMILES string of the molecule is CCNCc1cccc(N(CC)CC(C)CC)n1. The fourth-order valence-electron chi connectivity index (χ4n) is 1.88. The molecular weight excluding hydrogens is 222 g/mol. The Labute approximate surface area is 112 Å². The Morgan fingerprint density at radius 1 is 1.28 bits per heavy atom. The quantitative estimate of drug-likeness (QED) is 0.767. The highest BCUT2D eigenvalue weighted by Gasteiger charge is 2.09. The van der Waals surface area contributed by atoms with Crippen LogP contribution in [0.4, 0.5) is 5.82 Å². The number of hydrogen-bond donors (Lipinski definition) is 1. The normalized spacial score (nSPS) is 12.4. The molecular formula is C15H27N3. The van der Waals surface area contributed by atoms with Crippen molar-refractivity contribution in [3.63, 3.8) is 0 Å². The van der Waals surface area contributed by atoms with Crippen LogP contribution in [0.15, 0.2) is 18.2 Å². The van der Waals surface area contributed by atoms with E-state index in [1.54, 1.807) is 0 Å². The average molecular weight is 249 g/mol. The van der Waals surface area contributed by atoms with E-state index >= 15 is 0 Å². The van der Waals surface area contributed by atoms with Crippen molar-refractivity contribution in [2.75, 3.05) is 24.5 Å². The third kappa shape index (κ3) is 4.65. The Bertz CT molecular complexity index is 338. The molecule has 3 heteroatoms. The van der Waals surface area contributed by atoms with E-state index in [1.165, 1.54) is 6.42 Å². The first-order valence-corrected chi connectivity index (χ1v) is 7.12. The Hall–Kier alpha value is -1.09. The van der Waals surface area contributed by atoms with Gasteiger partial charge in [0.2, 0.25) is 0 Å². The summed E-state index contributed by atoms with van der Waals surface area (Å²) < 4.78 is 0. The van der Waals surface area contributed by atoms with Gasteiger partial charge in [-0.1, -0.05) is 33.3 Å². The molecule has 0 aliphatic carbocycles. The smallest absolute Gasteiger partial charge is 0.128 e. The summed E-state index contributed by atoms with van der Waals surface area (Å²) >= 11 is 0. The molecule has 1 N–H and O–H groups in total. The van der Waals surface area contributed by atoms with Gasteiger partial charge in [-0.3, -0.25) is 0 Å². The Morgan fingerprint density at radius 3 is 2.67 bits per heavy atom. The zero-order valence-corrected chi connectivity index (χ0v) is 12.2. The molecule has 0 saturated carbocycles. The molecule has 1 atom stereocenters. The van der Waals surface area contributed by atoms with E-state index in [9.17, 15) is 0 Å². The summed E-state index contributed by atoms with van der Waals surface area (Å²) in [5, 5.41) is 3.32. The molecule has 0 amide bonds. The standard InChI is InChI=1S/C15H27N3/c1-5-13(4)12-18(7-3)15-10-8-9-14(17-15)11-16-6-2/h8-10,13,16H,5-7,11-12H2,1-4H3. The highest BCUT2D eigenvalue weighted by atomic mass is 15.2. The second kappa shape index (κ2) is 8.09. The van der Waals surface area contributed by atoms with Crippen LogP contribution >= 0.6 is 0 Å².